The number of cyclic esters (lactones) is 1. The van der Waals surface area contributed by atoms with Crippen LogP contribution in [0.1, 0.15) is 153 Å². The van der Waals surface area contributed by atoms with Crippen LogP contribution in [0.25, 0.3) is 10.9 Å². The first-order valence-corrected chi connectivity index (χ1v) is 37.3. The largest absolute Gasteiger partial charge is 0.481 e. The minimum atomic E-state index is -2.45. The predicted molar refractivity (Wildman–Crippen MR) is 405 cm³/mol. The minimum absolute atomic E-state index is 0.0174. The number of nitrogen functional groups attached to an aromatic ring is 1. The number of fused-ring (bicyclic) bond motifs is 1. The van der Waals surface area contributed by atoms with Gasteiger partial charge in [-0.05, 0) is 69.3 Å². The number of amides is 14. The van der Waals surface area contributed by atoms with Crippen LogP contribution in [0.5, 0.6) is 0 Å². The number of rotatable bonds is 36. The highest BCUT2D eigenvalue weighted by Gasteiger charge is 2.41. The van der Waals surface area contributed by atoms with Gasteiger partial charge in [0.15, 0.2) is 5.78 Å². The molecule has 43 nitrogen and oxygen atoms in total. The van der Waals surface area contributed by atoms with Crippen molar-refractivity contribution >= 4 is 135 Å². The number of anilines is 1. The van der Waals surface area contributed by atoms with Crippen LogP contribution in [0, 0.1) is 5.92 Å². The lowest BCUT2D eigenvalue weighted by atomic mass is 9.96. The van der Waals surface area contributed by atoms with Gasteiger partial charge < -0.3 is 122 Å². The zero-order valence-electron chi connectivity index (χ0n) is 64.3. The number of benzene rings is 2. The summed E-state index contributed by atoms with van der Waals surface area (Å²) in [6.07, 6.45) is -1.15. The quantitative estimate of drug-likeness (QED) is 0.0112. The maximum Gasteiger partial charge on any atom is 0.329 e. The topological polar surface area (TPSA) is 702 Å². The third-order valence-electron chi connectivity index (χ3n) is 18.1. The Labute approximate surface area is 663 Å². The molecule has 636 valence electrons. The first-order valence-electron chi connectivity index (χ1n) is 37.3. The van der Waals surface area contributed by atoms with Crippen molar-refractivity contribution < 1.29 is 126 Å². The summed E-state index contributed by atoms with van der Waals surface area (Å²) in [6, 6.07) is -10.5. The predicted octanol–water partition coefficient (Wildman–Crippen LogP) is -5.23. The lowest BCUT2D eigenvalue weighted by Crippen LogP contribution is -2.62. The molecule has 25 N–H and O–H groups in total. The minimum Gasteiger partial charge on any atom is -0.481 e. The second kappa shape index (κ2) is 48.4. The number of nitrogens with one attached hydrogen (secondary N) is 14. The standard InChI is InChI=1S/C73H103N17O26/c1-5-6-7-8-9-10-11-12-23-54(94)82-45(26-39-32-77-43-21-16-14-18-40(39)43)67(109)85-46(28-53(76)93)68(110)87-49(31-60(103)104)69(111)90-62-38(4)116-73(115)50(27-52(92)41-19-13-15-20-42(41)75)88-72(114)61(36(2)25-57(97)98)89-70(112)51(35-91)83-56(96)33-78-64(106)47(29-58(99)100)84-63(105)37(3)80-66(108)48(30-59(101)102)86-65(107)44(22-17-24-74)81-55(95)34-79-71(62)113/h13-16,18-21,32,36-38,44-51,61-62,77,91H,5-12,17,22-31,33-35,74-75H2,1-4H3,(H2,76,93)(H,78,106)(H,79,113)(H,80,108)(H,81,95)(H,82,94)(H,83,96)(H,84,105)(H,85,109)(H,86,107)(H,87,110)(H,88,114)(H,89,112)(H,90,111)(H,97,98)(H,99,100)(H,101,102)(H,103,104)/t36-,37+,38+,44-,45-,46-,47-,48+,49-,50-,51+,61-,62-/m0/s1. The fourth-order valence-corrected chi connectivity index (χ4v) is 11.9. The molecule has 2 aromatic carbocycles. The molecule has 43 heteroatoms. The molecule has 0 bridgehead atoms. The van der Waals surface area contributed by atoms with Crippen molar-refractivity contribution in [2.45, 2.75) is 216 Å². The average Bonchev–Trinajstić information content (AvgIpc) is 1.62. The highest BCUT2D eigenvalue weighted by atomic mass is 16.5. The van der Waals surface area contributed by atoms with Crippen molar-refractivity contribution in [1.82, 2.24) is 74.1 Å². The van der Waals surface area contributed by atoms with E-state index in [1.54, 1.807) is 30.5 Å². The molecule has 13 atom stereocenters. The van der Waals surface area contributed by atoms with Crippen LogP contribution in [0.3, 0.4) is 0 Å². The van der Waals surface area contributed by atoms with Crippen molar-refractivity contribution in [1.29, 1.82) is 0 Å². The molecule has 0 aliphatic carbocycles. The van der Waals surface area contributed by atoms with Gasteiger partial charge in [-0.25, -0.2) is 4.79 Å². The highest BCUT2D eigenvalue weighted by Crippen LogP contribution is 2.22. The number of carboxylic acid groups (broad SMARTS) is 4. The lowest BCUT2D eigenvalue weighted by Gasteiger charge is -2.30. The number of aromatic nitrogens is 1. The Morgan fingerprint density at radius 3 is 1.67 bits per heavy atom. The highest BCUT2D eigenvalue weighted by molar-refractivity contribution is 6.05. The van der Waals surface area contributed by atoms with Gasteiger partial charge in [-0.3, -0.25) is 91.1 Å². The number of unbranched alkanes of at least 4 members (excludes halogenated alkanes) is 7. The number of primary amides is 1. The molecule has 1 aromatic heterocycles. The molecule has 1 saturated heterocycles. The number of hydrogen-bond acceptors (Lipinski definition) is 24. The molecular weight excluding hydrogens is 1530 g/mol. The SMILES string of the molecule is CCCCCCCCCCC(=O)N[C@@H](Cc1c[nH]c2ccccc12)C(=O)N[C@@H](CC(N)=O)C(=O)N[C@@H](CC(=O)O)C(=O)N[C@@H]1C(=O)NCC(=O)N[C@@H](CCCN)C(=O)N[C@H](CC(=O)O)C(=O)N[C@H](C)C(=O)N[C@@H](CC(=O)O)C(=O)NCC(=O)N[C@H](CO)C(=O)N[C@@H]([C@@H](C)CC(=O)O)C(=O)N[C@@H](CC(=O)c2ccccc2N)C(=O)O[C@@H]1C. The summed E-state index contributed by atoms with van der Waals surface area (Å²) in [6.45, 7) is 1.14. The zero-order valence-corrected chi connectivity index (χ0v) is 64.3. The molecule has 0 radical (unpaired) electrons. The number of aromatic amines is 1. The molecule has 2 heterocycles. The molecule has 0 spiro atoms. The molecule has 3 aromatic rings. The van der Waals surface area contributed by atoms with Crippen molar-refractivity contribution in [3.05, 3.63) is 65.9 Å². The van der Waals surface area contributed by atoms with E-state index in [9.17, 15) is 121 Å². The molecule has 116 heavy (non-hydrogen) atoms. The summed E-state index contributed by atoms with van der Waals surface area (Å²) >= 11 is 0. The Kier molecular flexibility index (Phi) is 39.9. The van der Waals surface area contributed by atoms with Crippen LogP contribution in [-0.4, -0.2) is 248 Å². The number of aliphatic carboxylic acids is 4. The van der Waals surface area contributed by atoms with Crippen LogP contribution >= 0.6 is 0 Å². The first-order chi connectivity index (χ1) is 54.9. The van der Waals surface area contributed by atoms with Gasteiger partial charge in [-0.1, -0.05) is 89.1 Å². The summed E-state index contributed by atoms with van der Waals surface area (Å²) in [7, 11) is 0. The van der Waals surface area contributed by atoms with Gasteiger partial charge in [0.25, 0.3) is 0 Å². The summed E-state index contributed by atoms with van der Waals surface area (Å²) in [5, 5.41) is 78.7. The first kappa shape index (κ1) is 95.7. The third-order valence-corrected chi connectivity index (χ3v) is 18.1. The van der Waals surface area contributed by atoms with Crippen LogP contribution in [0.4, 0.5) is 5.69 Å². The van der Waals surface area contributed by atoms with Crippen molar-refractivity contribution in [2.24, 2.45) is 17.4 Å². The van der Waals surface area contributed by atoms with Gasteiger partial charge in [0.2, 0.25) is 82.7 Å². The number of para-hydroxylation sites is 2. The fraction of sp³-hybridized carbons (Fsp3) is 0.534. The van der Waals surface area contributed by atoms with Crippen LogP contribution in [0.15, 0.2) is 54.7 Å². The number of esters is 1. The van der Waals surface area contributed by atoms with Crippen molar-refractivity contribution in [3.8, 4) is 0 Å². The second-order valence-electron chi connectivity index (χ2n) is 27.6. The van der Waals surface area contributed by atoms with E-state index in [2.05, 4.69) is 65.1 Å². The average molecular weight is 1630 g/mol. The maximum absolute atomic E-state index is 14.8. The van der Waals surface area contributed by atoms with Gasteiger partial charge in [0.1, 0.15) is 72.6 Å². The smallest absolute Gasteiger partial charge is 0.329 e. The normalized spacial score (nSPS) is 21.1. The lowest BCUT2D eigenvalue weighted by molar-refractivity contribution is -0.156. The van der Waals surface area contributed by atoms with E-state index in [0.717, 1.165) is 59.3 Å². The van der Waals surface area contributed by atoms with E-state index < -0.39 is 261 Å². The van der Waals surface area contributed by atoms with E-state index in [0.29, 0.717) is 29.3 Å². The van der Waals surface area contributed by atoms with E-state index in [-0.39, 0.29) is 37.1 Å². The number of H-pyrrole nitrogens is 1. The van der Waals surface area contributed by atoms with E-state index in [4.69, 9.17) is 21.9 Å². The Bertz CT molecular complexity index is 4060. The third kappa shape index (κ3) is 32.8. The number of nitrogens with two attached hydrogens (primary N) is 3. The number of aliphatic hydroxyl groups is 1. The number of carbonyl (C=O) groups excluding carboxylic acids is 16. The van der Waals surface area contributed by atoms with Gasteiger partial charge in [-0.2, -0.15) is 0 Å². The van der Waals surface area contributed by atoms with Crippen LogP contribution in [0.2, 0.25) is 0 Å². The van der Waals surface area contributed by atoms with E-state index in [1.807, 2.05) is 16.0 Å². The number of ketones is 1. The molecule has 0 saturated carbocycles. The van der Waals surface area contributed by atoms with E-state index >= 15 is 0 Å². The Hall–Kier alpha value is -12.7. The molecule has 1 fully saturated rings. The molecule has 14 amide bonds. The van der Waals surface area contributed by atoms with Crippen LogP contribution in [-0.2, 0) is 102 Å². The van der Waals surface area contributed by atoms with Gasteiger partial charge in [-0.15, -0.1) is 0 Å². The molecule has 1 aliphatic rings. The zero-order chi connectivity index (χ0) is 86.5. The van der Waals surface area contributed by atoms with Gasteiger partial charge in [0.05, 0.1) is 51.8 Å². The van der Waals surface area contributed by atoms with Gasteiger partial charge >= 0.3 is 29.8 Å². The number of aliphatic hydroxyl groups excluding tert-OH is 1. The molecule has 0 unspecified atom stereocenters. The maximum atomic E-state index is 14.8. The Morgan fingerprint density at radius 1 is 0.543 bits per heavy atom. The van der Waals surface area contributed by atoms with Gasteiger partial charge in [0, 0.05) is 47.6 Å². The summed E-state index contributed by atoms with van der Waals surface area (Å²) in [4.78, 5) is 276. The molecular formula is C73H103N17O26. The number of carbonyl (C=O) groups is 20. The summed E-state index contributed by atoms with van der Waals surface area (Å²) in [5.74, 6) is -29.7. The number of carboxylic acids is 4. The monoisotopic (exact) mass is 1630 g/mol. The number of hydrogen-bond donors (Lipinski definition) is 22. The summed E-state index contributed by atoms with van der Waals surface area (Å²) < 4.78 is 5.68. The van der Waals surface area contributed by atoms with Crippen LogP contribution < -0.4 is 86.3 Å². The fourth-order valence-electron chi connectivity index (χ4n) is 11.9. The van der Waals surface area contributed by atoms with Crippen molar-refractivity contribution in [3.63, 3.8) is 0 Å². The molecule has 4 rings (SSSR count). The molecule has 1 aliphatic heterocycles. The Balaban J connectivity index is 1.87. The van der Waals surface area contributed by atoms with Crippen molar-refractivity contribution in [2.75, 3.05) is 32.0 Å². The number of ether oxygens (including phenoxy) is 1. The summed E-state index contributed by atoms with van der Waals surface area (Å²) in [5.41, 5.74) is 18.1. The second-order valence-corrected chi connectivity index (χ2v) is 27.6. The van der Waals surface area contributed by atoms with E-state index in [1.165, 1.54) is 24.3 Å². The number of Topliss-reactive ketones (excluding diaryl/α,β-unsaturated/α-hetero) is 1. The Morgan fingerprint density at radius 2 is 1.08 bits per heavy atom.